The number of carbonyl (C=O) groups is 1. The van der Waals surface area contributed by atoms with Gasteiger partial charge in [-0.1, -0.05) is 20.8 Å². The number of amides is 1. The zero-order chi connectivity index (χ0) is 16.5. The monoisotopic (exact) mass is 321 g/mol. The normalized spacial score (nSPS) is 14.6. The topological polar surface area (TPSA) is 67.2 Å². The molecule has 0 bridgehead atoms. The smallest absolute Gasteiger partial charge is 0.254 e. The minimum Gasteiger partial charge on any atom is -0.384 e. The van der Waals surface area contributed by atoms with Crippen molar-refractivity contribution in [1.82, 2.24) is 15.1 Å². The van der Waals surface area contributed by atoms with E-state index in [1.54, 1.807) is 24.9 Å². The predicted octanol–water partition coefficient (Wildman–Crippen LogP) is 2.42. The lowest BCUT2D eigenvalue weighted by Gasteiger charge is -2.23. The van der Waals surface area contributed by atoms with Crippen LogP contribution in [-0.4, -0.2) is 27.3 Å². The summed E-state index contributed by atoms with van der Waals surface area (Å²) in [5.41, 5.74) is 0.808. The molecule has 0 aliphatic carbocycles. The predicted molar refractivity (Wildman–Crippen MR) is 88.1 cm³/mol. The summed E-state index contributed by atoms with van der Waals surface area (Å²) in [6, 6.07) is 1.86. The summed E-state index contributed by atoms with van der Waals surface area (Å²) in [5.74, 6) is -0.214. The Morgan fingerprint density at radius 2 is 2.09 bits per heavy atom. The van der Waals surface area contributed by atoms with Crippen molar-refractivity contribution in [3.8, 4) is 0 Å². The molecule has 2 aromatic rings. The molecule has 5 nitrogen and oxygen atoms in total. The number of hydrogen-bond donors (Lipinski definition) is 2. The maximum atomic E-state index is 12.5. The van der Waals surface area contributed by atoms with Gasteiger partial charge in [-0.25, -0.2) is 0 Å². The van der Waals surface area contributed by atoms with Crippen molar-refractivity contribution in [3.05, 3.63) is 39.8 Å². The number of thiophene rings is 1. The first-order chi connectivity index (χ1) is 10.1. The largest absolute Gasteiger partial charge is 0.384 e. The van der Waals surface area contributed by atoms with Crippen molar-refractivity contribution in [2.75, 3.05) is 6.54 Å². The Labute approximate surface area is 135 Å². The molecule has 0 aliphatic heterocycles. The third-order valence-corrected chi connectivity index (χ3v) is 4.20. The summed E-state index contributed by atoms with van der Waals surface area (Å²) >= 11 is 1.52. The van der Waals surface area contributed by atoms with Crippen LogP contribution >= 0.6 is 11.3 Å². The van der Waals surface area contributed by atoms with Gasteiger partial charge in [0.25, 0.3) is 5.91 Å². The van der Waals surface area contributed by atoms with E-state index in [2.05, 4.69) is 10.4 Å². The van der Waals surface area contributed by atoms with E-state index in [1.165, 1.54) is 11.3 Å². The number of nitrogens with zero attached hydrogens (tertiary/aromatic N) is 2. The van der Waals surface area contributed by atoms with Gasteiger partial charge in [-0.2, -0.15) is 16.4 Å². The number of nitrogens with one attached hydrogen (secondary N) is 1. The summed E-state index contributed by atoms with van der Waals surface area (Å²) in [7, 11) is 1.80. The Balaban J connectivity index is 2.14. The Bertz CT molecular complexity index is 651. The summed E-state index contributed by atoms with van der Waals surface area (Å²) < 4.78 is 1.65. The summed E-state index contributed by atoms with van der Waals surface area (Å²) in [5, 5.41) is 21.5. The van der Waals surface area contributed by atoms with E-state index in [-0.39, 0.29) is 17.9 Å². The average molecular weight is 321 g/mol. The van der Waals surface area contributed by atoms with Gasteiger partial charge in [0.1, 0.15) is 5.60 Å². The first-order valence-corrected chi connectivity index (χ1v) is 8.13. The average Bonchev–Trinajstić information content (AvgIpc) is 3.04. The molecule has 1 atom stereocenters. The van der Waals surface area contributed by atoms with Gasteiger partial charge in [0.05, 0.1) is 17.8 Å². The Morgan fingerprint density at radius 1 is 1.41 bits per heavy atom. The number of aliphatic hydroxyl groups is 1. The number of hydrogen-bond acceptors (Lipinski definition) is 4. The van der Waals surface area contributed by atoms with E-state index >= 15 is 0 Å². The van der Waals surface area contributed by atoms with E-state index < -0.39 is 5.60 Å². The molecule has 2 rings (SSSR count). The van der Waals surface area contributed by atoms with Crippen molar-refractivity contribution < 1.29 is 9.90 Å². The summed E-state index contributed by atoms with van der Waals surface area (Å²) in [6.45, 7) is 7.92. The van der Waals surface area contributed by atoms with Crippen LogP contribution in [0.2, 0.25) is 0 Å². The Morgan fingerprint density at radius 3 is 2.64 bits per heavy atom. The van der Waals surface area contributed by atoms with Crippen molar-refractivity contribution in [1.29, 1.82) is 0 Å². The van der Waals surface area contributed by atoms with Crippen molar-refractivity contribution in [2.24, 2.45) is 7.05 Å². The van der Waals surface area contributed by atoms with Gasteiger partial charge < -0.3 is 10.4 Å². The highest BCUT2D eigenvalue weighted by atomic mass is 32.1. The molecule has 0 aliphatic rings. The van der Waals surface area contributed by atoms with Crippen LogP contribution in [0.5, 0.6) is 0 Å². The fourth-order valence-electron chi connectivity index (χ4n) is 2.23. The van der Waals surface area contributed by atoms with Crippen LogP contribution in [0.25, 0.3) is 0 Å². The second-order valence-electron chi connectivity index (χ2n) is 6.78. The molecule has 0 saturated heterocycles. The van der Waals surface area contributed by atoms with Gasteiger partial charge in [-0.3, -0.25) is 9.48 Å². The van der Waals surface area contributed by atoms with Crippen molar-refractivity contribution >= 4 is 17.2 Å². The van der Waals surface area contributed by atoms with E-state index in [4.69, 9.17) is 0 Å². The zero-order valence-electron chi connectivity index (χ0n) is 13.7. The molecule has 0 radical (unpaired) electrons. The van der Waals surface area contributed by atoms with E-state index in [9.17, 15) is 9.90 Å². The molecule has 0 aromatic carbocycles. The van der Waals surface area contributed by atoms with Crippen LogP contribution < -0.4 is 5.32 Å². The first kappa shape index (κ1) is 16.7. The van der Waals surface area contributed by atoms with Crippen LogP contribution in [-0.2, 0) is 18.1 Å². The minimum atomic E-state index is -1.08. The maximum absolute atomic E-state index is 12.5. The lowest BCUT2D eigenvalue weighted by Crippen LogP contribution is -2.38. The maximum Gasteiger partial charge on any atom is 0.254 e. The number of aryl methyl sites for hydroxylation is 1. The van der Waals surface area contributed by atoms with Gasteiger partial charge >= 0.3 is 0 Å². The standard InChI is InChI=1S/C16H23N3O2S/c1-15(2,3)13-12(8-19(5)18-13)14(20)17-10-16(4,21)11-6-7-22-9-11/h6-9,21H,10H2,1-5H3,(H,17,20). The van der Waals surface area contributed by atoms with Crippen molar-refractivity contribution in [3.63, 3.8) is 0 Å². The van der Waals surface area contributed by atoms with Crippen LogP contribution in [0, 0.1) is 0 Å². The highest BCUT2D eigenvalue weighted by molar-refractivity contribution is 7.08. The van der Waals surface area contributed by atoms with E-state index in [0.29, 0.717) is 5.56 Å². The summed E-state index contributed by atoms with van der Waals surface area (Å²) in [6.07, 6.45) is 1.72. The van der Waals surface area contributed by atoms with Gasteiger partial charge in [-0.15, -0.1) is 0 Å². The summed E-state index contributed by atoms with van der Waals surface area (Å²) in [4.78, 5) is 12.5. The quantitative estimate of drug-likeness (QED) is 0.909. The van der Waals surface area contributed by atoms with Gasteiger partial charge in [0.15, 0.2) is 0 Å². The fourth-order valence-corrected chi connectivity index (χ4v) is 3.01. The van der Waals surface area contributed by atoms with Crippen LogP contribution in [0.1, 0.15) is 49.3 Å². The van der Waals surface area contributed by atoms with Crippen molar-refractivity contribution in [2.45, 2.75) is 38.7 Å². The van der Waals surface area contributed by atoms with Crippen LogP contribution in [0.3, 0.4) is 0 Å². The molecule has 1 amide bonds. The lowest BCUT2D eigenvalue weighted by atomic mass is 9.89. The number of carbonyl (C=O) groups excluding carboxylic acids is 1. The lowest BCUT2D eigenvalue weighted by molar-refractivity contribution is 0.0529. The molecule has 0 saturated carbocycles. The first-order valence-electron chi connectivity index (χ1n) is 7.18. The minimum absolute atomic E-state index is 0.154. The zero-order valence-corrected chi connectivity index (χ0v) is 14.5. The molecule has 22 heavy (non-hydrogen) atoms. The molecule has 0 spiro atoms. The highest BCUT2D eigenvalue weighted by Crippen LogP contribution is 2.25. The molecule has 2 N–H and O–H groups in total. The van der Waals surface area contributed by atoms with Gasteiger partial charge in [0.2, 0.25) is 0 Å². The van der Waals surface area contributed by atoms with Crippen LogP contribution in [0.15, 0.2) is 23.0 Å². The molecule has 2 heterocycles. The van der Waals surface area contributed by atoms with Crippen LogP contribution in [0.4, 0.5) is 0 Å². The second kappa shape index (κ2) is 5.85. The van der Waals surface area contributed by atoms with Gasteiger partial charge in [0, 0.05) is 18.7 Å². The van der Waals surface area contributed by atoms with E-state index in [0.717, 1.165) is 11.3 Å². The molecular formula is C16H23N3O2S. The Hall–Kier alpha value is -1.66. The molecule has 1 unspecified atom stereocenters. The fraction of sp³-hybridized carbons (Fsp3) is 0.500. The van der Waals surface area contributed by atoms with Gasteiger partial charge in [-0.05, 0) is 29.3 Å². The molecular weight excluding hydrogens is 298 g/mol. The molecule has 2 aromatic heterocycles. The third kappa shape index (κ3) is 3.56. The SMILES string of the molecule is Cn1cc(C(=O)NCC(C)(O)c2ccsc2)c(C(C)(C)C)n1. The van der Waals surface area contributed by atoms with E-state index in [1.807, 2.05) is 37.6 Å². The number of rotatable bonds is 4. The molecule has 0 fully saturated rings. The molecule has 120 valence electrons. The second-order valence-corrected chi connectivity index (χ2v) is 7.56. The molecule has 6 heteroatoms. The Kier molecular flexibility index (Phi) is 4.44. The highest BCUT2D eigenvalue weighted by Gasteiger charge is 2.28. The third-order valence-electron chi connectivity index (χ3n) is 3.52. The number of aromatic nitrogens is 2.